The van der Waals surface area contributed by atoms with Gasteiger partial charge in [-0.05, 0) is 30.4 Å². The highest BCUT2D eigenvalue weighted by Gasteiger charge is 2.14. The molecule has 15 heavy (non-hydrogen) atoms. The third-order valence-electron chi connectivity index (χ3n) is 2.83. The van der Waals surface area contributed by atoms with E-state index >= 15 is 0 Å². The molecule has 1 aromatic rings. The van der Waals surface area contributed by atoms with Crippen molar-refractivity contribution in [2.24, 2.45) is 0 Å². The van der Waals surface area contributed by atoms with Gasteiger partial charge in [0.15, 0.2) is 0 Å². The van der Waals surface area contributed by atoms with Crippen molar-refractivity contribution in [3.8, 4) is 0 Å². The van der Waals surface area contributed by atoms with Crippen molar-refractivity contribution in [2.75, 3.05) is 7.05 Å². The fraction of sp³-hybridized carbons (Fsp3) is 0.462. The molecule has 82 valence electrons. The van der Waals surface area contributed by atoms with Crippen molar-refractivity contribution in [3.05, 3.63) is 35.4 Å². The SMILES string of the molecule is CCC(CC(=O)NC)c1ccccc1C. The Balaban J connectivity index is 2.83. The zero-order valence-corrected chi connectivity index (χ0v) is 9.71. The van der Waals surface area contributed by atoms with Crippen LogP contribution in [0.1, 0.15) is 36.8 Å². The first kappa shape index (κ1) is 11.8. The van der Waals surface area contributed by atoms with Crippen LogP contribution in [0.3, 0.4) is 0 Å². The minimum absolute atomic E-state index is 0.116. The number of benzene rings is 1. The zero-order valence-electron chi connectivity index (χ0n) is 9.71. The monoisotopic (exact) mass is 205 g/mol. The average molecular weight is 205 g/mol. The van der Waals surface area contributed by atoms with Gasteiger partial charge < -0.3 is 5.32 Å². The molecule has 2 heteroatoms. The van der Waals surface area contributed by atoms with Gasteiger partial charge >= 0.3 is 0 Å². The van der Waals surface area contributed by atoms with Crippen LogP contribution in [0.15, 0.2) is 24.3 Å². The first-order valence-electron chi connectivity index (χ1n) is 5.45. The second kappa shape index (κ2) is 5.54. The second-order valence-corrected chi connectivity index (χ2v) is 3.84. The van der Waals surface area contributed by atoms with Crippen LogP contribution < -0.4 is 5.32 Å². The highest BCUT2D eigenvalue weighted by atomic mass is 16.1. The predicted molar refractivity (Wildman–Crippen MR) is 62.9 cm³/mol. The van der Waals surface area contributed by atoms with Gasteiger partial charge in [-0.1, -0.05) is 31.2 Å². The quantitative estimate of drug-likeness (QED) is 0.804. The van der Waals surface area contributed by atoms with Gasteiger partial charge in [-0.2, -0.15) is 0 Å². The molecule has 1 atom stereocenters. The maximum atomic E-state index is 11.4. The summed E-state index contributed by atoms with van der Waals surface area (Å²) in [6, 6.07) is 8.29. The largest absolute Gasteiger partial charge is 0.359 e. The molecule has 0 radical (unpaired) electrons. The van der Waals surface area contributed by atoms with Crippen LogP contribution in [0.2, 0.25) is 0 Å². The molecule has 0 saturated heterocycles. The van der Waals surface area contributed by atoms with E-state index in [1.807, 2.05) is 12.1 Å². The molecule has 0 aliphatic carbocycles. The van der Waals surface area contributed by atoms with Crippen molar-refractivity contribution in [2.45, 2.75) is 32.6 Å². The van der Waals surface area contributed by atoms with Crippen LogP contribution >= 0.6 is 0 Å². The van der Waals surface area contributed by atoms with Crippen LogP contribution in [0.25, 0.3) is 0 Å². The van der Waals surface area contributed by atoms with Crippen LogP contribution in [-0.2, 0) is 4.79 Å². The number of amides is 1. The van der Waals surface area contributed by atoms with Crippen LogP contribution in [0, 0.1) is 6.92 Å². The molecule has 1 N–H and O–H groups in total. The zero-order chi connectivity index (χ0) is 11.3. The van der Waals surface area contributed by atoms with E-state index in [4.69, 9.17) is 0 Å². The summed E-state index contributed by atoms with van der Waals surface area (Å²) < 4.78 is 0. The minimum atomic E-state index is 0.116. The first-order chi connectivity index (χ1) is 7.19. The molecular formula is C13H19NO. The number of nitrogens with one attached hydrogen (secondary N) is 1. The van der Waals surface area contributed by atoms with Crippen LogP contribution in [0.5, 0.6) is 0 Å². The lowest BCUT2D eigenvalue weighted by atomic mass is 9.90. The lowest BCUT2D eigenvalue weighted by Gasteiger charge is -2.16. The molecule has 0 heterocycles. The smallest absolute Gasteiger partial charge is 0.220 e. The molecule has 1 unspecified atom stereocenters. The van der Waals surface area contributed by atoms with E-state index < -0.39 is 0 Å². The van der Waals surface area contributed by atoms with Gasteiger partial charge in [-0.25, -0.2) is 0 Å². The Morgan fingerprint density at radius 2 is 2.07 bits per heavy atom. The van der Waals surface area contributed by atoms with Crippen LogP contribution in [-0.4, -0.2) is 13.0 Å². The van der Waals surface area contributed by atoms with E-state index in [1.54, 1.807) is 7.05 Å². The first-order valence-corrected chi connectivity index (χ1v) is 5.45. The molecule has 0 saturated carbocycles. The number of rotatable bonds is 4. The Bertz CT molecular complexity index is 333. The van der Waals surface area contributed by atoms with Gasteiger partial charge in [0.05, 0.1) is 0 Å². The molecule has 1 rings (SSSR count). The third kappa shape index (κ3) is 3.08. The van der Waals surface area contributed by atoms with E-state index in [0.717, 1.165) is 6.42 Å². The standard InChI is InChI=1S/C13H19NO/c1-4-11(9-13(15)14-3)12-8-6-5-7-10(12)2/h5-8,11H,4,9H2,1-3H3,(H,14,15). The lowest BCUT2D eigenvalue weighted by Crippen LogP contribution is -2.20. The van der Waals surface area contributed by atoms with Crippen LogP contribution in [0.4, 0.5) is 0 Å². The predicted octanol–water partition coefficient (Wildman–Crippen LogP) is 2.62. The van der Waals surface area contributed by atoms with Crippen molar-refractivity contribution in [1.29, 1.82) is 0 Å². The summed E-state index contributed by atoms with van der Waals surface area (Å²) in [6.07, 6.45) is 1.58. The number of aryl methyl sites for hydroxylation is 1. The summed E-state index contributed by atoms with van der Waals surface area (Å²) in [5.41, 5.74) is 2.57. The Kier molecular flexibility index (Phi) is 4.35. The third-order valence-corrected chi connectivity index (χ3v) is 2.83. The van der Waals surface area contributed by atoms with E-state index in [-0.39, 0.29) is 5.91 Å². The summed E-state index contributed by atoms with van der Waals surface area (Å²) in [4.78, 5) is 11.4. The second-order valence-electron chi connectivity index (χ2n) is 3.84. The van der Waals surface area contributed by atoms with Gasteiger partial charge in [-0.3, -0.25) is 4.79 Å². The highest BCUT2D eigenvalue weighted by molar-refractivity contribution is 5.76. The van der Waals surface area contributed by atoms with E-state index in [1.165, 1.54) is 11.1 Å². The lowest BCUT2D eigenvalue weighted by molar-refractivity contribution is -0.121. The molecule has 0 bridgehead atoms. The van der Waals surface area contributed by atoms with Gasteiger partial charge in [0.25, 0.3) is 0 Å². The van der Waals surface area contributed by atoms with Gasteiger partial charge in [0.2, 0.25) is 5.91 Å². The Morgan fingerprint density at radius 3 is 2.60 bits per heavy atom. The topological polar surface area (TPSA) is 29.1 Å². The normalized spacial score (nSPS) is 12.2. The Hall–Kier alpha value is -1.31. The number of carbonyl (C=O) groups excluding carboxylic acids is 1. The maximum Gasteiger partial charge on any atom is 0.220 e. The highest BCUT2D eigenvalue weighted by Crippen LogP contribution is 2.25. The summed E-state index contributed by atoms with van der Waals surface area (Å²) in [5.74, 6) is 0.455. The number of hydrogen-bond acceptors (Lipinski definition) is 1. The van der Waals surface area contributed by atoms with Gasteiger partial charge in [0, 0.05) is 13.5 Å². The number of hydrogen-bond donors (Lipinski definition) is 1. The molecule has 0 aliphatic heterocycles. The molecule has 2 nitrogen and oxygen atoms in total. The minimum Gasteiger partial charge on any atom is -0.359 e. The summed E-state index contributed by atoms with van der Waals surface area (Å²) in [6.45, 7) is 4.22. The summed E-state index contributed by atoms with van der Waals surface area (Å²) >= 11 is 0. The van der Waals surface area contributed by atoms with Crippen molar-refractivity contribution >= 4 is 5.91 Å². The molecule has 0 aromatic heterocycles. The fourth-order valence-corrected chi connectivity index (χ4v) is 1.84. The van der Waals surface area contributed by atoms with Gasteiger partial charge in [-0.15, -0.1) is 0 Å². The van der Waals surface area contributed by atoms with E-state index in [9.17, 15) is 4.79 Å². The van der Waals surface area contributed by atoms with E-state index in [2.05, 4.69) is 31.3 Å². The summed E-state index contributed by atoms with van der Waals surface area (Å²) in [7, 11) is 1.69. The molecule has 0 fully saturated rings. The fourth-order valence-electron chi connectivity index (χ4n) is 1.84. The number of carbonyl (C=O) groups is 1. The molecule has 0 aliphatic rings. The van der Waals surface area contributed by atoms with Crippen molar-refractivity contribution < 1.29 is 4.79 Å². The van der Waals surface area contributed by atoms with Gasteiger partial charge in [0.1, 0.15) is 0 Å². The molecular weight excluding hydrogens is 186 g/mol. The Labute approximate surface area is 91.7 Å². The average Bonchev–Trinajstić information content (AvgIpc) is 2.26. The molecule has 0 spiro atoms. The molecule has 1 aromatic carbocycles. The van der Waals surface area contributed by atoms with E-state index in [0.29, 0.717) is 12.3 Å². The van der Waals surface area contributed by atoms with Crippen molar-refractivity contribution in [1.82, 2.24) is 5.32 Å². The molecule has 1 amide bonds. The Morgan fingerprint density at radius 1 is 1.40 bits per heavy atom. The van der Waals surface area contributed by atoms with Crippen molar-refractivity contribution in [3.63, 3.8) is 0 Å². The maximum absolute atomic E-state index is 11.4. The summed E-state index contributed by atoms with van der Waals surface area (Å²) in [5, 5.41) is 2.68.